The lowest BCUT2D eigenvalue weighted by Gasteiger charge is -2.40. The molecule has 0 aromatic heterocycles. The second-order valence-electron chi connectivity index (χ2n) is 7.83. The fraction of sp³-hybridized carbons (Fsp3) is 0.565. The molecule has 1 atom stereocenters. The third-order valence-electron chi connectivity index (χ3n) is 5.91. The molecule has 30 heavy (non-hydrogen) atoms. The SMILES string of the molecule is CCOC(=O)C1=C(CN2CCN(CC)CC2)N(CC)C(=O)NC1c1cccc(C)c1. The number of urea groups is 1. The number of amides is 2. The van der Waals surface area contributed by atoms with Crippen LogP contribution in [0.4, 0.5) is 4.79 Å². The molecule has 0 spiro atoms. The summed E-state index contributed by atoms with van der Waals surface area (Å²) in [7, 11) is 0. The van der Waals surface area contributed by atoms with Gasteiger partial charge in [-0.25, -0.2) is 9.59 Å². The molecule has 0 bridgehead atoms. The van der Waals surface area contributed by atoms with Gasteiger partial charge in [0.1, 0.15) is 0 Å². The third kappa shape index (κ3) is 4.84. The van der Waals surface area contributed by atoms with E-state index in [0.29, 0.717) is 25.3 Å². The highest BCUT2D eigenvalue weighted by Gasteiger charge is 2.38. The van der Waals surface area contributed by atoms with Crippen LogP contribution >= 0.6 is 0 Å². The minimum Gasteiger partial charge on any atom is -0.463 e. The number of carbonyl (C=O) groups excluding carboxylic acids is 2. The van der Waals surface area contributed by atoms with Crippen molar-refractivity contribution in [3.05, 3.63) is 46.7 Å². The number of esters is 1. The first-order valence-electron chi connectivity index (χ1n) is 11.0. The van der Waals surface area contributed by atoms with E-state index in [1.807, 2.05) is 45.0 Å². The summed E-state index contributed by atoms with van der Waals surface area (Å²) in [5, 5.41) is 3.04. The molecule has 2 aliphatic rings. The van der Waals surface area contributed by atoms with Crippen molar-refractivity contribution in [2.75, 3.05) is 52.4 Å². The number of rotatable bonds is 7. The molecular formula is C23H34N4O3. The van der Waals surface area contributed by atoms with E-state index in [0.717, 1.165) is 49.5 Å². The maximum Gasteiger partial charge on any atom is 0.338 e. The van der Waals surface area contributed by atoms with Crippen LogP contribution < -0.4 is 5.32 Å². The smallest absolute Gasteiger partial charge is 0.338 e. The van der Waals surface area contributed by atoms with Gasteiger partial charge >= 0.3 is 12.0 Å². The highest BCUT2D eigenvalue weighted by Crippen LogP contribution is 2.32. The summed E-state index contributed by atoms with van der Waals surface area (Å²) in [4.78, 5) is 32.5. The van der Waals surface area contributed by atoms with Gasteiger partial charge in [-0.2, -0.15) is 0 Å². The molecule has 1 aromatic carbocycles. The molecule has 1 aromatic rings. The van der Waals surface area contributed by atoms with Crippen LogP contribution in [0.2, 0.25) is 0 Å². The van der Waals surface area contributed by atoms with E-state index in [4.69, 9.17) is 4.74 Å². The summed E-state index contributed by atoms with van der Waals surface area (Å²) in [6.45, 7) is 14.2. The van der Waals surface area contributed by atoms with Crippen molar-refractivity contribution in [2.45, 2.75) is 33.7 Å². The second-order valence-corrected chi connectivity index (χ2v) is 7.83. The summed E-state index contributed by atoms with van der Waals surface area (Å²) < 4.78 is 5.44. The van der Waals surface area contributed by atoms with Crippen molar-refractivity contribution in [1.29, 1.82) is 0 Å². The zero-order valence-corrected chi connectivity index (χ0v) is 18.6. The lowest BCUT2D eigenvalue weighted by atomic mass is 9.93. The summed E-state index contributed by atoms with van der Waals surface area (Å²) in [5.74, 6) is -0.357. The molecular weight excluding hydrogens is 380 g/mol. The number of ether oxygens (including phenoxy) is 1. The fourth-order valence-corrected chi connectivity index (χ4v) is 4.23. The van der Waals surface area contributed by atoms with Crippen LogP contribution in [0.15, 0.2) is 35.5 Å². The van der Waals surface area contributed by atoms with Crippen molar-refractivity contribution in [1.82, 2.24) is 20.0 Å². The first kappa shape index (κ1) is 22.3. The average molecular weight is 415 g/mol. The van der Waals surface area contributed by atoms with Gasteiger partial charge in [-0.3, -0.25) is 9.80 Å². The fourth-order valence-electron chi connectivity index (χ4n) is 4.23. The Balaban J connectivity index is 2.01. The molecule has 164 valence electrons. The molecule has 7 nitrogen and oxygen atoms in total. The first-order chi connectivity index (χ1) is 14.5. The Hall–Kier alpha value is -2.38. The maximum absolute atomic E-state index is 13.1. The monoisotopic (exact) mass is 414 g/mol. The second kappa shape index (κ2) is 10.1. The number of piperazine rings is 1. The van der Waals surface area contributed by atoms with Gasteiger partial charge in [-0.15, -0.1) is 0 Å². The zero-order valence-electron chi connectivity index (χ0n) is 18.6. The van der Waals surface area contributed by atoms with Crippen LogP contribution in [-0.4, -0.2) is 79.1 Å². The molecule has 0 aliphatic carbocycles. The van der Waals surface area contributed by atoms with Crippen molar-refractivity contribution in [2.24, 2.45) is 0 Å². The summed E-state index contributed by atoms with van der Waals surface area (Å²) >= 11 is 0. The number of hydrogen-bond acceptors (Lipinski definition) is 5. The number of carbonyl (C=O) groups is 2. The molecule has 0 radical (unpaired) electrons. The van der Waals surface area contributed by atoms with Gasteiger partial charge < -0.3 is 15.0 Å². The van der Waals surface area contributed by atoms with Crippen LogP contribution in [0, 0.1) is 6.92 Å². The van der Waals surface area contributed by atoms with Crippen molar-refractivity contribution < 1.29 is 14.3 Å². The Kier molecular flexibility index (Phi) is 7.50. The van der Waals surface area contributed by atoms with E-state index in [-0.39, 0.29) is 12.0 Å². The number of aryl methyl sites for hydroxylation is 1. The Morgan fingerprint density at radius 1 is 1.10 bits per heavy atom. The Bertz CT molecular complexity index is 799. The Morgan fingerprint density at radius 2 is 1.80 bits per heavy atom. The van der Waals surface area contributed by atoms with E-state index in [9.17, 15) is 9.59 Å². The predicted molar refractivity (Wildman–Crippen MR) is 117 cm³/mol. The van der Waals surface area contributed by atoms with Crippen LogP contribution in [0.3, 0.4) is 0 Å². The quantitative estimate of drug-likeness (QED) is 0.695. The van der Waals surface area contributed by atoms with Crippen LogP contribution in [0.5, 0.6) is 0 Å². The average Bonchev–Trinajstić information content (AvgIpc) is 2.74. The van der Waals surface area contributed by atoms with E-state index >= 15 is 0 Å². The van der Waals surface area contributed by atoms with Gasteiger partial charge in [-0.1, -0.05) is 36.8 Å². The molecule has 1 N–H and O–H groups in total. The zero-order chi connectivity index (χ0) is 21.7. The Morgan fingerprint density at radius 3 is 2.40 bits per heavy atom. The van der Waals surface area contributed by atoms with Crippen LogP contribution in [0.1, 0.15) is 37.9 Å². The van der Waals surface area contributed by atoms with Gasteiger partial charge in [0.2, 0.25) is 0 Å². The van der Waals surface area contributed by atoms with Gasteiger partial charge in [0.15, 0.2) is 0 Å². The van der Waals surface area contributed by atoms with Gasteiger partial charge in [0, 0.05) is 45.0 Å². The highest BCUT2D eigenvalue weighted by atomic mass is 16.5. The van der Waals surface area contributed by atoms with Crippen molar-refractivity contribution >= 4 is 12.0 Å². The van der Waals surface area contributed by atoms with Crippen molar-refractivity contribution in [3.8, 4) is 0 Å². The number of nitrogens with zero attached hydrogens (tertiary/aromatic N) is 3. The molecule has 2 heterocycles. The minimum absolute atomic E-state index is 0.167. The normalized spacial score (nSPS) is 21.0. The highest BCUT2D eigenvalue weighted by molar-refractivity contribution is 5.95. The number of likely N-dealkylation sites (N-methyl/N-ethyl adjacent to an activating group) is 2. The minimum atomic E-state index is -0.508. The molecule has 3 rings (SSSR count). The lowest BCUT2D eigenvalue weighted by Crippen LogP contribution is -2.53. The molecule has 7 heteroatoms. The van der Waals surface area contributed by atoms with Crippen LogP contribution in [-0.2, 0) is 9.53 Å². The lowest BCUT2D eigenvalue weighted by molar-refractivity contribution is -0.139. The molecule has 2 aliphatic heterocycles. The summed E-state index contributed by atoms with van der Waals surface area (Å²) in [5.41, 5.74) is 3.29. The van der Waals surface area contributed by atoms with Gasteiger partial charge in [0.05, 0.1) is 18.2 Å². The van der Waals surface area contributed by atoms with Gasteiger partial charge in [0.25, 0.3) is 0 Å². The van der Waals surface area contributed by atoms with E-state index in [2.05, 4.69) is 22.0 Å². The Labute approximate surface area is 179 Å². The number of nitrogens with one attached hydrogen (secondary N) is 1. The van der Waals surface area contributed by atoms with Gasteiger partial charge in [-0.05, 0) is 32.9 Å². The third-order valence-corrected chi connectivity index (χ3v) is 5.91. The molecule has 1 unspecified atom stereocenters. The largest absolute Gasteiger partial charge is 0.463 e. The topological polar surface area (TPSA) is 65.1 Å². The number of benzene rings is 1. The standard InChI is InChI=1S/C23H34N4O3/c1-5-25-11-13-26(14-12-25)16-19-20(22(28)30-7-3)21(24-23(29)27(19)6-2)18-10-8-9-17(4)15-18/h8-10,15,21H,5-7,11-14,16H2,1-4H3,(H,24,29). The molecule has 2 amide bonds. The predicted octanol–water partition coefficient (Wildman–Crippen LogP) is 2.54. The molecule has 1 saturated heterocycles. The number of hydrogen-bond donors (Lipinski definition) is 1. The summed E-state index contributed by atoms with van der Waals surface area (Å²) in [6, 6.07) is 7.26. The van der Waals surface area contributed by atoms with Crippen LogP contribution in [0.25, 0.3) is 0 Å². The maximum atomic E-state index is 13.1. The van der Waals surface area contributed by atoms with E-state index < -0.39 is 6.04 Å². The van der Waals surface area contributed by atoms with E-state index in [1.54, 1.807) is 4.90 Å². The van der Waals surface area contributed by atoms with Crippen molar-refractivity contribution in [3.63, 3.8) is 0 Å². The molecule has 0 saturated carbocycles. The first-order valence-corrected chi connectivity index (χ1v) is 11.0. The molecule has 1 fully saturated rings. The summed E-state index contributed by atoms with van der Waals surface area (Å²) in [6.07, 6.45) is 0. The van der Waals surface area contributed by atoms with E-state index in [1.165, 1.54) is 0 Å².